The van der Waals surface area contributed by atoms with Crippen molar-refractivity contribution >= 4 is 12.7 Å². The van der Waals surface area contributed by atoms with Crippen molar-refractivity contribution in [1.82, 2.24) is 9.97 Å². The van der Waals surface area contributed by atoms with Gasteiger partial charge >= 0.3 is 7.12 Å². The molecule has 6 heteroatoms. The van der Waals surface area contributed by atoms with E-state index in [0.29, 0.717) is 5.92 Å². The molecule has 1 aromatic heterocycles. The Bertz CT molecular complexity index is 482. The number of rotatable bonds is 2. The molecule has 0 radical (unpaired) electrons. The average Bonchev–Trinajstić information content (AvgIpc) is 2.69. The van der Waals surface area contributed by atoms with Crippen LogP contribution in [-0.2, 0) is 14.0 Å². The van der Waals surface area contributed by atoms with Crippen molar-refractivity contribution in [3.05, 3.63) is 18.1 Å². The molecule has 3 rings (SSSR count). The molecule has 0 spiro atoms. The van der Waals surface area contributed by atoms with Crippen LogP contribution in [0.3, 0.4) is 0 Å². The molecular weight excluding hydrogens is 267 g/mol. The zero-order valence-corrected chi connectivity index (χ0v) is 13.3. The molecule has 2 aliphatic heterocycles. The molecule has 0 saturated carbocycles. The lowest BCUT2D eigenvalue weighted by molar-refractivity contribution is 0.00578. The molecule has 0 N–H and O–H groups in total. The zero-order valence-electron chi connectivity index (χ0n) is 13.3. The zero-order chi connectivity index (χ0) is 15.1. The summed E-state index contributed by atoms with van der Waals surface area (Å²) >= 11 is 0. The first-order chi connectivity index (χ1) is 9.89. The molecule has 1 atom stereocenters. The van der Waals surface area contributed by atoms with Crippen molar-refractivity contribution in [3.8, 4) is 0 Å². The normalized spacial score (nSPS) is 27.8. The van der Waals surface area contributed by atoms with Crippen LogP contribution in [0.25, 0.3) is 0 Å². The highest BCUT2D eigenvalue weighted by Gasteiger charge is 2.52. The molecule has 0 amide bonds. The van der Waals surface area contributed by atoms with Gasteiger partial charge in [0.15, 0.2) is 0 Å². The van der Waals surface area contributed by atoms with E-state index in [-0.39, 0.29) is 11.2 Å². The second kappa shape index (κ2) is 5.34. The van der Waals surface area contributed by atoms with Gasteiger partial charge in [0.05, 0.1) is 29.1 Å². The van der Waals surface area contributed by atoms with Crippen LogP contribution in [0.2, 0.25) is 0 Å². The van der Waals surface area contributed by atoms with Crippen LogP contribution >= 0.6 is 0 Å². The summed E-state index contributed by atoms with van der Waals surface area (Å²) in [5.74, 6) is 0.360. The van der Waals surface area contributed by atoms with Gasteiger partial charge in [-0.3, -0.25) is 9.97 Å². The van der Waals surface area contributed by atoms with E-state index in [9.17, 15) is 0 Å². The molecule has 1 unspecified atom stereocenters. The Hall–Kier alpha value is -0.975. The third-order valence-electron chi connectivity index (χ3n) is 4.77. The fraction of sp³-hybridized carbons (Fsp3) is 0.733. The molecule has 2 aliphatic rings. The van der Waals surface area contributed by atoms with Crippen LogP contribution in [0.4, 0.5) is 0 Å². The second-order valence-corrected chi connectivity index (χ2v) is 6.87. The predicted octanol–water partition coefficient (Wildman–Crippen LogP) is 1.67. The van der Waals surface area contributed by atoms with Gasteiger partial charge < -0.3 is 14.0 Å². The Morgan fingerprint density at radius 3 is 2.33 bits per heavy atom. The van der Waals surface area contributed by atoms with E-state index in [1.54, 1.807) is 6.20 Å². The summed E-state index contributed by atoms with van der Waals surface area (Å²) in [5, 5.41) is 0. The summed E-state index contributed by atoms with van der Waals surface area (Å²) in [7, 11) is -0.445. The van der Waals surface area contributed by atoms with Gasteiger partial charge in [0.2, 0.25) is 0 Å². The number of aromatic nitrogens is 2. The molecule has 0 aliphatic carbocycles. The predicted molar refractivity (Wildman–Crippen MR) is 80.5 cm³/mol. The van der Waals surface area contributed by atoms with Gasteiger partial charge in [0, 0.05) is 24.9 Å². The van der Waals surface area contributed by atoms with Crippen LogP contribution in [0, 0.1) is 0 Å². The molecule has 21 heavy (non-hydrogen) atoms. The highest BCUT2D eigenvalue weighted by Crippen LogP contribution is 2.36. The fourth-order valence-electron chi connectivity index (χ4n) is 2.62. The number of hydrogen-bond acceptors (Lipinski definition) is 5. The summed E-state index contributed by atoms with van der Waals surface area (Å²) < 4.78 is 17.5. The largest absolute Gasteiger partial charge is 0.516 e. The molecule has 114 valence electrons. The molecule has 1 aromatic rings. The van der Waals surface area contributed by atoms with Crippen LogP contribution in [0.15, 0.2) is 12.4 Å². The maximum Gasteiger partial charge on any atom is 0.516 e. The van der Waals surface area contributed by atoms with E-state index in [4.69, 9.17) is 14.0 Å². The lowest BCUT2D eigenvalue weighted by Gasteiger charge is -2.32. The van der Waals surface area contributed by atoms with Crippen molar-refractivity contribution < 1.29 is 14.0 Å². The van der Waals surface area contributed by atoms with Crippen molar-refractivity contribution in [2.45, 2.75) is 57.7 Å². The first-order valence-electron chi connectivity index (χ1n) is 7.64. The Balaban J connectivity index is 1.73. The molecule has 3 heterocycles. The van der Waals surface area contributed by atoms with Crippen molar-refractivity contribution in [3.63, 3.8) is 0 Å². The molecular formula is C15H23BN2O3. The van der Waals surface area contributed by atoms with Crippen LogP contribution in [0.5, 0.6) is 0 Å². The van der Waals surface area contributed by atoms with Crippen molar-refractivity contribution in [2.24, 2.45) is 0 Å². The fourth-order valence-corrected chi connectivity index (χ4v) is 2.62. The maximum absolute atomic E-state index is 5.99. The first kappa shape index (κ1) is 14.9. The topological polar surface area (TPSA) is 53.5 Å². The summed E-state index contributed by atoms with van der Waals surface area (Å²) in [5.41, 5.74) is 1.02. The number of nitrogens with zero attached hydrogens (tertiary/aromatic N) is 2. The van der Waals surface area contributed by atoms with Gasteiger partial charge in [-0.2, -0.15) is 0 Å². The quantitative estimate of drug-likeness (QED) is 0.776. The van der Waals surface area contributed by atoms with Gasteiger partial charge in [-0.05, 0) is 40.5 Å². The van der Waals surface area contributed by atoms with E-state index in [1.807, 2.05) is 33.9 Å². The lowest BCUT2D eigenvalue weighted by atomic mass is 9.85. The number of hydrogen-bond donors (Lipinski definition) is 0. The Kier molecular flexibility index (Phi) is 3.80. The molecule has 0 aromatic carbocycles. The first-order valence-corrected chi connectivity index (χ1v) is 7.64. The van der Waals surface area contributed by atoms with Crippen molar-refractivity contribution in [2.75, 3.05) is 13.2 Å². The minimum atomic E-state index is -0.445. The van der Waals surface area contributed by atoms with E-state index in [1.165, 1.54) is 0 Å². The Morgan fingerprint density at radius 2 is 1.81 bits per heavy atom. The Morgan fingerprint density at radius 1 is 1.10 bits per heavy atom. The Labute approximate surface area is 126 Å². The maximum atomic E-state index is 5.99. The van der Waals surface area contributed by atoms with Gasteiger partial charge in [-0.1, -0.05) is 0 Å². The smallest absolute Gasteiger partial charge is 0.398 e. The minimum absolute atomic E-state index is 0.352. The highest BCUT2D eigenvalue weighted by molar-refractivity contribution is 6.61. The van der Waals surface area contributed by atoms with Crippen molar-refractivity contribution in [1.29, 1.82) is 0 Å². The summed E-state index contributed by atoms with van der Waals surface area (Å²) in [4.78, 5) is 9.04. The lowest BCUT2D eigenvalue weighted by Crippen LogP contribution is -2.41. The highest BCUT2D eigenvalue weighted by atomic mass is 16.7. The third kappa shape index (κ3) is 2.85. The average molecular weight is 290 g/mol. The van der Waals surface area contributed by atoms with E-state index >= 15 is 0 Å². The summed E-state index contributed by atoms with van der Waals surface area (Å²) in [6, 6.07) is 0. The molecule has 5 nitrogen and oxygen atoms in total. The second-order valence-electron chi connectivity index (χ2n) is 6.87. The standard InChI is InChI=1S/C15H23BN2O3/c1-14(2)15(3,4)21-16(20-14)13-9-17-12(8-18-13)11-6-5-7-19-10-11/h8-9,11H,5-7,10H2,1-4H3. The number of ether oxygens (including phenoxy) is 1. The SMILES string of the molecule is CC1(C)OB(c2cnc(C3CCCOC3)cn2)OC1(C)C. The summed E-state index contributed by atoms with van der Waals surface area (Å²) in [6.07, 6.45) is 5.81. The van der Waals surface area contributed by atoms with Gasteiger partial charge in [-0.15, -0.1) is 0 Å². The van der Waals surface area contributed by atoms with Gasteiger partial charge in [0.25, 0.3) is 0 Å². The van der Waals surface area contributed by atoms with Crippen LogP contribution in [0.1, 0.15) is 52.1 Å². The van der Waals surface area contributed by atoms with Crippen LogP contribution < -0.4 is 5.59 Å². The molecule has 0 bridgehead atoms. The molecule has 2 saturated heterocycles. The van der Waals surface area contributed by atoms with Gasteiger partial charge in [-0.25, -0.2) is 0 Å². The molecule has 2 fully saturated rings. The van der Waals surface area contributed by atoms with Gasteiger partial charge in [0.1, 0.15) is 0 Å². The van der Waals surface area contributed by atoms with E-state index in [2.05, 4.69) is 9.97 Å². The van der Waals surface area contributed by atoms with E-state index in [0.717, 1.165) is 37.3 Å². The third-order valence-corrected chi connectivity index (χ3v) is 4.77. The van der Waals surface area contributed by atoms with E-state index < -0.39 is 7.12 Å². The minimum Gasteiger partial charge on any atom is -0.398 e. The van der Waals surface area contributed by atoms with Crippen LogP contribution in [-0.4, -0.2) is 41.5 Å². The monoisotopic (exact) mass is 290 g/mol. The summed E-state index contributed by atoms with van der Waals surface area (Å²) in [6.45, 7) is 9.74.